The molecule has 1 aromatic carbocycles. The molecule has 0 aliphatic carbocycles. The Morgan fingerprint density at radius 1 is 1.19 bits per heavy atom. The van der Waals surface area contributed by atoms with Crippen LogP contribution in [0.15, 0.2) is 18.2 Å². The lowest BCUT2D eigenvalue weighted by Crippen LogP contribution is -2.47. The van der Waals surface area contributed by atoms with Gasteiger partial charge in [0.1, 0.15) is 11.0 Å². The van der Waals surface area contributed by atoms with Crippen molar-refractivity contribution in [2.24, 2.45) is 11.7 Å². The van der Waals surface area contributed by atoms with Crippen molar-refractivity contribution < 1.29 is 19.1 Å². The average molecular weight is 448 g/mol. The van der Waals surface area contributed by atoms with E-state index in [1.165, 1.54) is 11.3 Å². The highest BCUT2D eigenvalue weighted by Gasteiger charge is 2.27. The van der Waals surface area contributed by atoms with Crippen molar-refractivity contribution in [3.63, 3.8) is 0 Å². The molecule has 2 unspecified atom stereocenters. The first-order valence-corrected chi connectivity index (χ1v) is 11.4. The molecule has 0 saturated carbocycles. The highest BCUT2D eigenvalue weighted by molar-refractivity contribution is 7.18. The monoisotopic (exact) mass is 447 g/mol. The first kappa shape index (κ1) is 23.0. The van der Waals surface area contributed by atoms with Crippen LogP contribution in [0, 0.1) is 5.92 Å². The first-order chi connectivity index (χ1) is 15.0. The van der Waals surface area contributed by atoms with Gasteiger partial charge in [-0.15, -0.1) is 10.2 Å². The molecule has 0 spiro atoms. The van der Waals surface area contributed by atoms with Gasteiger partial charge in [-0.05, 0) is 43.5 Å². The summed E-state index contributed by atoms with van der Waals surface area (Å²) in [5, 5.41) is 15.0. The quantitative estimate of drug-likeness (QED) is 0.452. The number of hydrogen-bond acceptors (Lipinski definition) is 8. The Balaban J connectivity index is 1.61. The maximum atomic E-state index is 12.9. The fourth-order valence-corrected chi connectivity index (χ4v) is 3.90. The summed E-state index contributed by atoms with van der Waals surface area (Å²) in [5.41, 5.74) is 6.31. The lowest BCUT2D eigenvalue weighted by Gasteiger charge is -2.23. The number of nitrogens with one attached hydrogen (secondary N) is 2. The summed E-state index contributed by atoms with van der Waals surface area (Å²) >= 11 is 1.26. The van der Waals surface area contributed by atoms with Gasteiger partial charge in [0.25, 0.3) is 0 Å². The third kappa shape index (κ3) is 6.14. The van der Waals surface area contributed by atoms with Gasteiger partial charge in [-0.25, -0.2) is 0 Å². The van der Waals surface area contributed by atoms with Crippen molar-refractivity contribution in [2.75, 3.05) is 18.7 Å². The van der Waals surface area contributed by atoms with E-state index in [2.05, 4.69) is 20.8 Å². The standard InChI is InChI=1S/C21H29N5O4S/c1-3-13(2)18(23-17(27)7-5-4-6-10-22)19(28)24-21-26-25-20(31-21)14-8-9-15-16(11-14)30-12-29-15/h8-9,11,13,18H,3-7,10,12,22H2,1-2H3,(H,23,27)(H,24,26,28). The molecule has 2 aromatic rings. The topological polar surface area (TPSA) is 128 Å². The number of rotatable bonds is 11. The molecule has 31 heavy (non-hydrogen) atoms. The molecule has 4 N–H and O–H groups in total. The van der Waals surface area contributed by atoms with Crippen LogP contribution in [0.4, 0.5) is 5.13 Å². The van der Waals surface area contributed by atoms with Gasteiger partial charge in [0, 0.05) is 12.0 Å². The van der Waals surface area contributed by atoms with Crippen molar-refractivity contribution in [3.8, 4) is 22.1 Å². The SMILES string of the molecule is CCC(C)C(NC(=O)CCCCCN)C(=O)Nc1nnc(-c2ccc3c(c2)OCO3)s1. The number of unbranched alkanes of at least 4 members (excludes halogenated alkanes) is 2. The molecule has 0 radical (unpaired) electrons. The van der Waals surface area contributed by atoms with Gasteiger partial charge in [-0.2, -0.15) is 0 Å². The van der Waals surface area contributed by atoms with Crippen molar-refractivity contribution in [2.45, 2.75) is 52.0 Å². The van der Waals surface area contributed by atoms with Crippen LogP contribution in [0.3, 0.4) is 0 Å². The van der Waals surface area contributed by atoms with E-state index in [4.69, 9.17) is 15.2 Å². The molecule has 9 nitrogen and oxygen atoms in total. The van der Waals surface area contributed by atoms with Crippen LogP contribution in [0.5, 0.6) is 11.5 Å². The summed E-state index contributed by atoms with van der Waals surface area (Å²) in [4.78, 5) is 25.2. The summed E-state index contributed by atoms with van der Waals surface area (Å²) in [6.07, 6.45) is 3.69. The Labute approximate surface area is 185 Å². The molecule has 2 heterocycles. The molecule has 168 valence electrons. The molecule has 2 atom stereocenters. The number of benzene rings is 1. The molecule has 1 aliphatic heterocycles. The fraction of sp³-hybridized carbons (Fsp3) is 0.524. The number of hydrogen-bond donors (Lipinski definition) is 3. The van der Waals surface area contributed by atoms with Gasteiger partial charge in [0.05, 0.1) is 0 Å². The third-order valence-corrected chi connectivity index (χ3v) is 6.08. The summed E-state index contributed by atoms with van der Waals surface area (Å²) in [6.45, 7) is 4.75. The van der Waals surface area contributed by atoms with Crippen LogP contribution in [0.1, 0.15) is 46.0 Å². The van der Waals surface area contributed by atoms with E-state index in [0.29, 0.717) is 34.6 Å². The highest BCUT2D eigenvalue weighted by Crippen LogP contribution is 2.37. The molecule has 1 aromatic heterocycles. The van der Waals surface area contributed by atoms with E-state index in [-0.39, 0.29) is 24.5 Å². The second-order valence-electron chi connectivity index (χ2n) is 7.50. The Hall–Kier alpha value is -2.72. The number of nitrogens with zero attached hydrogens (tertiary/aromatic N) is 2. The average Bonchev–Trinajstić information content (AvgIpc) is 3.43. The predicted molar refractivity (Wildman–Crippen MR) is 119 cm³/mol. The molecular formula is C21H29N5O4S. The van der Waals surface area contributed by atoms with Crippen LogP contribution >= 0.6 is 11.3 Å². The lowest BCUT2D eigenvalue weighted by atomic mass is 9.98. The number of fused-ring (bicyclic) bond motifs is 1. The molecule has 1 aliphatic rings. The number of amides is 2. The Morgan fingerprint density at radius 2 is 2.00 bits per heavy atom. The van der Waals surface area contributed by atoms with E-state index in [1.807, 2.05) is 32.0 Å². The van der Waals surface area contributed by atoms with Gasteiger partial charge in [-0.3, -0.25) is 14.9 Å². The van der Waals surface area contributed by atoms with E-state index in [0.717, 1.165) is 31.2 Å². The van der Waals surface area contributed by atoms with Crippen LogP contribution in [-0.2, 0) is 9.59 Å². The summed E-state index contributed by atoms with van der Waals surface area (Å²) in [7, 11) is 0. The van der Waals surface area contributed by atoms with Crippen LogP contribution in [0.25, 0.3) is 10.6 Å². The number of ether oxygens (including phenoxy) is 2. The molecule has 0 fully saturated rings. The Morgan fingerprint density at radius 3 is 2.77 bits per heavy atom. The number of carbonyl (C=O) groups is 2. The minimum atomic E-state index is -0.634. The molecular weight excluding hydrogens is 418 g/mol. The van der Waals surface area contributed by atoms with Crippen molar-refractivity contribution in [1.29, 1.82) is 0 Å². The normalized spacial score (nSPS) is 14.2. The molecule has 10 heteroatoms. The molecule has 0 saturated heterocycles. The molecule has 3 rings (SSSR count). The van der Waals surface area contributed by atoms with E-state index >= 15 is 0 Å². The molecule has 2 amide bonds. The highest BCUT2D eigenvalue weighted by atomic mass is 32.1. The summed E-state index contributed by atoms with van der Waals surface area (Å²) < 4.78 is 10.7. The van der Waals surface area contributed by atoms with Crippen molar-refractivity contribution >= 4 is 28.3 Å². The van der Waals surface area contributed by atoms with Crippen LogP contribution in [0.2, 0.25) is 0 Å². The maximum absolute atomic E-state index is 12.9. The number of aromatic nitrogens is 2. The minimum absolute atomic E-state index is 0.0192. The maximum Gasteiger partial charge on any atom is 0.249 e. The van der Waals surface area contributed by atoms with Gasteiger partial charge in [0.2, 0.25) is 23.7 Å². The van der Waals surface area contributed by atoms with Crippen LogP contribution < -0.4 is 25.8 Å². The van der Waals surface area contributed by atoms with E-state index in [9.17, 15) is 9.59 Å². The van der Waals surface area contributed by atoms with E-state index < -0.39 is 6.04 Å². The second-order valence-corrected chi connectivity index (χ2v) is 8.48. The number of carbonyl (C=O) groups excluding carboxylic acids is 2. The van der Waals surface area contributed by atoms with Gasteiger partial charge < -0.3 is 20.5 Å². The number of nitrogens with two attached hydrogens (primary N) is 1. The van der Waals surface area contributed by atoms with Crippen molar-refractivity contribution in [1.82, 2.24) is 15.5 Å². The predicted octanol–water partition coefficient (Wildman–Crippen LogP) is 2.92. The zero-order valence-electron chi connectivity index (χ0n) is 17.8. The zero-order valence-corrected chi connectivity index (χ0v) is 18.7. The Bertz CT molecular complexity index is 904. The summed E-state index contributed by atoms with van der Waals surface area (Å²) in [6, 6.07) is 4.89. The first-order valence-electron chi connectivity index (χ1n) is 10.6. The number of anilines is 1. The second kappa shape index (κ2) is 11.1. The smallest absolute Gasteiger partial charge is 0.249 e. The van der Waals surface area contributed by atoms with Gasteiger partial charge >= 0.3 is 0 Å². The van der Waals surface area contributed by atoms with E-state index in [1.54, 1.807) is 0 Å². The fourth-order valence-electron chi connectivity index (χ4n) is 3.16. The van der Waals surface area contributed by atoms with Gasteiger partial charge in [0.15, 0.2) is 11.5 Å². The third-order valence-electron chi connectivity index (χ3n) is 5.19. The Kier molecular flexibility index (Phi) is 8.19. The lowest BCUT2D eigenvalue weighted by molar-refractivity contribution is -0.127. The largest absolute Gasteiger partial charge is 0.454 e. The minimum Gasteiger partial charge on any atom is -0.454 e. The van der Waals surface area contributed by atoms with Crippen molar-refractivity contribution in [3.05, 3.63) is 18.2 Å². The molecule has 0 bridgehead atoms. The summed E-state index contributed by atoms with van der Waals surface area (Å²) in [5.74, 6) is 0.907. The van der Waals surface area contributed by atoms with Crippen LogP contribution in [-0.4, -0.2) is 41.4 Å². The zero-order chi connectivity index (χ0) is 22.2. The van der Waals surface area contributed by atoms with Gasteiger partial charge in [-0.1, -0.05) is 38.0 Å².